The zero-order chi connectivity index (χ0) is 19.1. The molecule has 9 heteroatoms. The first kappa shape index (κ1) is 17.7. The van der Waals surface area contributed by atoms with Crippen LogP contribution in [-0.4, -0.2) is 34.6 Å². The van der Waals surface area contributed by atoms with Crippen molar-refractivity contribution in [3.63, 3.8) is 0 Å². The summed E-state index contributed by atoms with van der Waals surface area (Å²) < 4.78 is 5.21. The Labute approximate surface area is 164 Å². The van der Waals surface area contributed by atoms with Gasteiger partial charge in [0.05, 0.1) is 17.5 Å². The minimum absolute atomic E-state index is 0.135. The lowest BCUT2D eigenvalue weighted by atomic mass is 10.1. The van der Waals surface area contributed by atoms with Gasteiger partial charge in [-0.1, -0.05) is 41.6 Å². The van der Waals surface area contributed by atoms with E-state index >= 15 is 0 Å². The van der Waals surface area contributed by atoms with Gasteiger partial charge in [0, 0.05) is 10.8 Å². The molecular weight excluding hydrogens is 388 g/mol. The van der Waals surface area contributed by atoms with Crippen LogP contribution in [0.2, 0.25) is 5.02 Å². The number of amidine groups is 1. The van der Waals surface area contributed by atoms with Crippen molar-refractivity contribution in [2.45, 2.75) is 6.17 Å². The van der Waals surface area contributed by atoms with Crippen LogP contribution in [0.5, 0.6) is 11.5 Å². The van der Waals surface area contributed by atoms with Crippen LogP contribution >= 0.6 is 23.4 Å². The van der Waals surface area contributed by atoms with E-state index in [1.807, 2.05) is 30.5 Å². The summed E-state index contributed by atoms with van der Waals surface area (Å²) in [6.07, 6.45) is 1.20. The average Bonchev–Trinajstić information content (AvgIpc) is 2.68. The normalized spacial score (nSPS) is 18.1. The van der Waals surface area contributed by atoms with Crippen molar-refractivity contribution in [3.8, 4) is 11.5 Å². The highest BCUT2D eigenvalue weighted by Crippen LogP contribution is 2.39. The summed E-state index contributed by atoms with van der Waals surface area (Å²) in [6.45, 7) is 0. The monoisotopic (exact) mass is 402 g/mol. The lowest BCUT2D eigenvalue weighted by molar-refractivity contribution is -0.116. The first-order chi connectivity index (χ1) is 13.0. The number of methoxy groups -OCH3 is 1. The molecule has 0 saturated carbocycles. The molecular formula is C18H15ClN4O3S. The molecule has 1 atom stereocenters. The number of halogens is 1. The molecule has 2 aromatic carbocycles. The van der Waals surface area contributed by atoms with E-state index in [1.165, 1.54) is 18.9 Å². The third-order valence-electron chi connectivity index (χ3n) is 4.28. The average molecular weight is 403 g/mol. The van der Waals surface area contributed by atoms with Crippen molar-refractivity contribution < 1.29 is 14.6 Å². The number of aromatic hydroxyl groups is 1. The molecule has 2 aliphatic rings. The van der Waals surface area contributed by atoms with Gasteiger partial charge in [0.1, 0.15) is 5.70 Å². The molecule has 2 N–H and O–H groups in total. The number of hydrazone groups is 1. The second-order valence-electron chi connectivity index (χ2n) is 5.83. The highest BCUT2D eigenvalue weighted by Gasteiger charge is 2.34. The van der Waals surface area contributed by atoms with Gasteiger partial charge in [-0.25, -0.2) is 5.01 Å². The number of benzene rings is 2. The number of ether oxygens (including phenoxy) is 1. The highest BCUT2D eigenvalue weighted by molar-refractivity contribution is 8.13. The third kappa shape index (κ3) is 2.90. The standard InChI is InChI=1S/C18H15ClN4O3S/c1-26-13-8-9(7-11(19)15(13)24)16-20-12-6-4-3-5-10(12)14-17(25)21-18(27-2)22-23(14)16/h3-8,16,24H,1-2H3,(H,21,22,25). The highest BCUT2D eigenvalue weighted by atomic mass is 35.5. The number of thioether (sulfide) groups is 1. The van der Waals surface area contributed by atoms with Crippen molar-refractivity contribution in [1.29, 1.82) is 0 Å². The van der Waals surface area contributed by atoms with Gasteiger partial charge in [-0.3, -0.25) is 15.1 Å². The minimum atomic E-state index is -0.630. The summed E-state index contributed by atoms with van der Waals surface area (Å²) in [7, 11) is 1.44. The van der Waals surface area contributed by atoms with E-state index in [-0.39, 0.29) is 22.4 Å². The van der Waals surface area contributed by atoms with Crippen molar-refractivity contribution in [3.05, 3.63) is 57.6 Å². The molecule has 2 heterocycles. The van der Waals surface area contributed by atoms with Crippen LogP contribution in [-0.2, 0) is 4.79 Å². The fourth-order valence-corrected chi connectivity index (χ4v) is 3.62. The topological polar surface area (TPSA) is 86.5 Å². The molecule has 0 bridgehead atoms. The Hall–Kier alpha value is -2.71. The fraction of sp³-hybridized carbons (Fsp3) is 0.167. The van der Waals surface area contributed by atoms with Crippen molar-refractivity contribution >= 4 is 40.1 Å². The second-order valence-corrected chi connectivity index (χ2v) is 7.03. The zero-order valence-electron chi connectivity index (χ0n) is 14.4. The second kappa shape index (κ2) is 6.79. The minimum Gasteiger partial charge on any atom is -0.503 e. The number of hydrogen-bond acceptors (Lipinski definition) is 7. The maximum Gasteiger partial charge on any atom is 0.276 e. The number of para-hydroxylation sites is 1. The molecule has 0 radical (unpaired) electrons. The van der Waals surface area contributed by atoms with Gasteiger partial charge in [0.25, 0.3) is 5.91 Å². The van der Waals surface area contributed by atoms with E-state index in [2.05, 4.69) is 10.4 Å². The maximum absolute atomic E-state index is 12.8. The lowest BCUT2D eigenvalue weighted by Crippen LogP contribution is -2.50. The number of nitrogens with zero attached hydrogens (tertiary/aromatic N) is 3. The van der Waals surface area contributed by atoms with E-state index in [0.29, 0.717) is 27.0 Å². The van der Waals surface area contributed by atoms with Gasteiger partial charge in [0.15, 0.2) is 22.8 Å². The number of fused-ring (bicyclic) bond motifs is 2. The summed E-state index contributed by atoms with van der Waals surface area (Å²) in [5.74, 6) is -0.171. The molecule has 2 aliphatic heterocycles. The summed E-state index contributed by atoms with van der Waals surface area (Å²) in [5.41, 5.74) is 1.05. The quantitative estimate of drug-likeness (QED) is 0.796. The Morgan fingerprint density at radius 1 is 1.33 bits per heavy atom. The number of amides is 1. The molecule has 0 fully saturated rings. The molecule has 27 heavy (non-hydrogen) atoms. The van der Waals surface area contributed by atoms with Crippen LogP contribution in [0.3, 0.4) is 0 Å². The van der Waals surface area contributed by atoms with Crippen LogP contribution in [0, 0.1) is 0 Å². The van der Waals surface area contributed by atoms with Crippen molar-refractivity contribution in [2.24, 2.45) is 10.1 Å². The Kier molecular flexibility index (Phi) is 4.45. The summed E-state index contributed by atoms with van der Waals surface area (Å²) in [6, 6.07) is 10.6. The van der Waals surface area contributed by atoms with Gasteiger partial charge in [-0.15, -0.1) is 5.10 Å². The lowest BCUT2D eigenvalue weighted by Gasteiger charge is -2.34. The van der Waals surface area contributed by atoms with Crippen LogP contribution < -0.4 is 20.6 Å². The van der Waals surface area contributed by atoms with E-state index in [9.17, 15) is 9.90 Å². The van der Waals surface area contributed by atoms with Gasteiger partial charge in [-0.05, 0) is 24.5 Å². The Morgan fingerprint density at radius 2 is 2.11 bits per heavy atom. The van der Waals surface area contributed by atoms with E-state index in [1.54, 1.807) is 17.1 Å². The molecule has 0 aliphatic carbocycles. The first-order valence-electron chi connectivity index (χ1n) is 8.00. The Balaban J connectivity index is 1.98. The maximum atomic E-state index is 12.8. The molecule has 1 unspecified atom stereocenters. The SMILES string of the molecule is COc1cc(C2N=c3ccccc3=C3C(=O)NC(SC)=NN32)cc(Cl)c1O. The van der Waals surface area contributed by atoms with Crippen LogP contribution in [0.25, 0.3) is 5.70 Å². The number of phenols is 1. The van der Waals surface area contributed by atoms with Crippen LogP contribution in [0.15, 0.2) is 46.5 Å². The van der Waals surface area contributed by atoms with Crippen molar-refractivity contribution in [2.75, 3.05) is 13.4 Å². The molecule has 4 rings (SSSR count). The van der Waals surface area contributed by atoms with Gasteiger partial charge in [0.2, 0.25) is 0 Å². The van der Waals surface area contributed by atoms with Gasteiger partial charge < -0.3 is 9.84 Å². The number of phenolic OH excluding ortho intramolecular Hbond substituents is 1. The summed E-state index contributed by atoms with van der Waals surface area (Å²) in [5, 5.41) is 20.9. The number of hydrogen-bond donors (Lipinski definition) is 2. The first-order valence-corrected chi connectivity index (χ1v) is 9.60. The Morgan fingerprint density at radius 3 is 2.85 bits per heavy atom. The van der Waals surface area contributed by atoms with Gasteiger partial charge in [-0.2, -0.15) is 0 Å². The third-order valence-corrected chi connectivity index (χ3v) is 5.14. The van der Waals surface area contributed by atoms with Crippen LogP contribution in [0.1, 0.15) is 11.7 Å². The predicted molar refractivity (Wildman–Crippen MR) is 104 cm³/mol. The smallest absolute Gasteiger partial charge is 0.276 e. The molecule has 1 amide bonds. The molecule has 0 spiro atoms. The summed E-state index contributed by atoms with van der Waals surface area (Å²) in [4.78, 5) is 17.5. The molecule has 2 aromatic rings. The molecule has 138 valence electrons. The number of rotatable bonds is 2. The molecule has 0 aromatic heterocycles. The van der Waals surface area contributed by atoms with E-state index in [0.717, 1.165) is 0 Å². The predicted octanol–water partition coefficient (Wildman–Crippen LogP) is 1.56. The largest absolute Gasteiger partial charge is 0.503 e. The molecule has 0 saturated heterocycles. The van der Waals surface area contributed by atoms with E-state index in [4.69, 9.17) is 21.3 Å². The zero-order valence-corrected chi connectivity index (χ0v) is 16.0. The Bertz CT molecular complexity index is 1100. The van der Waals surface area contributed by atoms with Gasteiger partial charge >= 0.3 is 0 Å². The van der Waals surface area contributed by atoms with Crippen molar-refractivity contribution in [1.82, 2.24) is 10.3 Å². The summed E-state index contributed by atoms with van der Waals surface area (Å²) >= 11 is 7.49. The number of carbonyl (C=O) groups is 1. The number of carbonyl (C=O) groups excluding carboxylic acids is 1. The number of nitrogens with one attached hydrogen (secondary N) is 1. The van der Waals surface area contributed by atoms with Crippen LogP contribution in [0.4, 0.5) is 0 Å². The molecule has 7 nitrogen and oxygen atoms in total. The van der Waals surface area contributed by atoms with E-state index < -0.39 is 6.17 Å². The fourth-order valence-electron chi connectivity index (χ4n) is 3.03.